The largest absolute Gasteiger partial charge is 0.389 e. The summed E-state index contributed by atoms with van der Waals surface area (Å²) in [4.78, 5) is 1.95. The molecule has 0 radical (unpaired) electrons. The predicted molar refractivity (Wildman–Crippen MR) is 58.4 cm³/mol. The van der Waals surface area contributed by atoms with Crippen LogP contribution in [0.15, 0.2) is 24.3 Å². The molecule has 2 N–H and O–H groups in total. The van der Waals surface area contributed by atoms with Gasteiger partial charge >= 0.3 is 0 Å². The van der Waals surface area contributed by atoms with E-state index in [1.165, 1.54) is 0 Å². The molecule has 0 saturated carbocycles. The summed E-state index contributed by atoms with van der Waals surface area (Å²) in [5.41, 5.74) is 1.59. The van der Waals surface area contributed by atoms with Gasteiger partial charge in [0.2, 0.25) is 0 Å². The quantitative estimate of drug-likeness (QED) is 0.738. The first kappa shape index (κ1) is 11.1. The van der Waals surface area contributed by atoms with Crippen molar-refractivity contribution in [3.05, 3.63) is 35.4 Å². The second kappa shape index (κ2) is 4.62. The van der Waals surface area contributed by atoms with E-state index in [0.29, 0.717) is 25.2 Å². The van der Waals surface area contributed by atoms with Crippen LogP contribution in [0.5, 0.6) is 0 Å². The molecule has 1 fully saturated rings. The molecule has 2 unspecified atom stereocenters. The van der Waals surface area contributed by atoms with E-state index < -0.39 is 12.2 Å². The Morgan fingerprint density at radius 2 is 1.88 bits per heavy atom. The maximum Gasteiger partial charge on any atom is 0.0995 e. The predicted octanol–water partition coefficient (Wildman–Crippen LogP) is 0.0957. The molecule has 0 aromatic heterocycles. The average molecular weight is 218 g/mol. The molecule has 2 atom stereocenters. The molecule has 84 valence electrons. The van der Waals surface area contributed by atoms with Crippen molar-refractivity contribution >= 4 is 0 Å². The molecule has 0 bridgehead atoms. The van der Waals surface area contributed by atoms with E-state index in [1.807, 2.05) is 23.1 Å². The molecule has 4 nitrogen and oxygen atoms in total. The second-order valence-corrected chi connectivity index (χ2v) is 4.10. The minimum atomic E-state index is -0.672. The number of aliphatic hydroxyl groups excluding tert-OH is 2. The molecule has 1 heterocycles. The maximum absolute atomic E-state index is 9.42. The molecule has 1 saturated heterocycles. The van der Waals surface area contributed by atoms with Crippen LogP contribution in [0, 0.1) is 11.3 Å². The van der Waals surface area contributed by atoms with Gasteiger partial charge in [-0.3, -0.25) is 4.90 Å². The molecular weight excluding hydrogens is 204 g/mol. The Hall–Kier alpha value is -1.41. The Bertz CT molecular complexity index is 404. The van der Waals surface area contributed by atoms with Crippen molar-refractivity contribution in [3.8, 4) is 6.07 Å². The smallest absolute Gasteiger partial charge is 0.0995 e. The highest BCUT2D eigenvalue weighted by molar-refractivity contribution is 5.37. The first-order chi connectivity index (χ1) is 7.70. The van der Waals surface area contributed by atoms with Crippen molar-refractivity contribution < 1.29 is 10.2 Å². The molecule has 0 aliphatic carbocycles. The highest BCUT2D eigenvalue weighted by Crippen LogP contribution is 2.16. The summed E-state index contributed by atoms with van der Waals surface area (Å²) in [7, 11) is 0. The van der Waals surface area contributed by atoms with Crippen molar-refractivity contribution in [2.24, 2.45) is 0 Å². The standard InChI is InChI=1S/C12H14N2O2/c13-5-9-3-1-2-4-10(9)6-14-7-11(15)12(16)8-14/h1-4,11-12,15-16H,6-8H2. The fourth-order valence-electron chi connectivity index (χ4n) is 1.98. The minimum absolute atomic E-state index is 0.459. The fourth-order valence-corrected chi connectivity index (χ4v) is 1.98. The number of rotatable bonds is 2. The van der Waals surface area contributed by atoms with E-state index in [4.69, 9.17) is 5.26 Å². The van der Waals surface area contributed by atoms with Crippen LogP contribution < -0.4 is 0 Å². The molecule has 1 aromatic rings. The lowest BCUT2D eigenvalue weighted by Gasteiger charge is -2.15. The van der Waals surface area contributed by atoms with Gasteiger partial charge in [-0.2, -0.15) is 5.26 Å². The zero-order valence-corrected chi connectivity index (χ0v) is 8.87. The molecule has 0 amide bonds. The average Bonchev–Trinajstić information content (AvgIpc) is 2.59. The molecule has 1 aliphatic rings. The third-order valence-electron chi connectivity index (χ3n) is 2.87. The minimum Gasteiger partial charge on any atom is -0.389 e. The van der Waals surface area contributed by atoms with Gasteiger partial charge in [0.15, 0.2) is 0 Å². The first-order valence-corrected chi connectivity index (χ1v) is 5.27. The molecule has 2 rings (SSSR count). The highest BCUT2D eigenvalue weighted by Gasteiger charge is 2.29. The molecular formula is C12H14N2O2. The maximum atomic E-state index is 9.42. The SMILES string of the molecule is N#Cc1ccccc1CN1CC(O)C(O)C1. The van der Waals surface area contributed by atoms with Crippen LogP contribution in [0.4, 0.5) is 0 Å². The Morgan fingerprint density at radius 3 is 2.50 bits per heavy atom. The number of nitriles is 1. The zero-order chi connectivity index (χ0) is 11.5. The van der Waals surface area contributed by atoms with Gasteiger partial charge < -0.3 is 10.2 Å². The summed E-state index contributed by atoms with van der Waals surface area (Å²) in [5.74, 6) is 0. The summed E-state index contributed by atoms with van der Waals surface area (Å²) in [6.07, 6.45) is -1.34. The van der Waals surface area contributed by atoms with E-state index in [0.717, 1.165) is 5.56 Å². The van der Waals surface area contributed by atoms with Crippen LogP contribution >= 0.6 is 0 Å². The monoisotopic (exact) mass is 218 g/mol. The van der Waals surface area contributed by atoms with E-state index in [9.17, 15) is 10.2 Å². The number of hydrogen-bond donors (Lipinski definition) is 2. The lowest BCUT2D eigenvalue weighted by Crippen LogP contribution is -2.22. The van der Waals surface area contributed by atoms with Crippen LogP contribution in [0.3, 0.4) is 0 Å². The van der Waals surface area contributed by atoms with Gasteiger partial charge in [0, 0.05) is 19.6 Å². The molecule has 1 aromatic carbocycles. The topological polar surface area (TPSA) is 67.5 Å². The summed E-state index contributed by atoms with van der Waals surface area (Å²) in [6.45, 7) is 1.51. The first-order valence-electron chi connectivity index (χ1n) is 5.27. The number of likely N-dealkylation sites (tertiary alicyclic amines) is 1. The normalized spacial score (nSPS) is 25.6. The summed E-state index contributed by atoms with van der Waals surface area (Å²) >= 11 is 0. The van der Waals surface area contributed by atoms with Crippen LogP contribution in [-0.2, 0) is 6.54 Å². The van der Waals surface area contributed by atoms with E-state index in [1.54, 1.807) is 6.07 Å². The third kappa shape index (κ3) is 2.22. The molecule has 16 heavy (non-hydrogen) atoms. The van der Waals surface area contributed by atoms with Crippen molar-refractivity contribution in [2.45, 2.75) is 18.8 Å². The number of hydrogen-bond acceptors (Lipinski definition) is 4. The van der Waals surface area contributed by atoms with Crippen LogP contribution in [0.25, 0.3) is 0 Å². The number of β-amino-alcohol motifs (C(OH)–C–C–N with tert-alkyl or cyclic N) is 2. The molecule has 1 aliphatic heterocycles. The van der Waals surface area contributed by atoms with Crippen LogP contribution in [0.2, 0.25) is 0 Å². The van der Waals surface area contributed by atoms with Gasteiger partial charge in [-0.05, 0) is 11.6 Å². The number of nitrogens with zero attached hydrogens (tertiary/aromatic N) is 2. The Morgan fingerprint density at radius 1 is 1.25 bits per heavy atom. The Balaban J connectivity index is 2.08. The Labute approximate surface area is 94.4 Å². The lowest BCUT2D eigenvalue weighted by atomic mass is 10.1. The van der Waals surface area contributed by atoms with E-state index in [2.05, 4.69) is 6.07 Å². The molecule has 4 heteroatoms. The number of aliphatic hydroxyl groups is 2. The van der Waals surface area contributed by atoms with Gasteiger partial charge in [0.25, 0.3) is 0 Å². The van der Waals surface area contributed by atoms with E-state index in [-0.39, 0.29) is 0 Å². The summed E-state index contributed by atoms with van der Waals surface area (Å²) in [5, 5.41) is 27.8. The van der Waals surface area contributed by atoms with Gasteiger partial charge in [-0.1, -0.05) is 18.2 Å². The third-order valence-corrected chi connectivity index (χ3v) is 2.87. The highest BCUT2D eigenvalue weighted by atomic mass is 16.3. The van der Waals surface area contributed by atoms with Crippen LogP contribution in [-0.4, -0.2) is 40.4 Å². The fraction of sp³-hybridized carbons (Fsp3) is 0.417. The van der Waals surface area contributed by atoms with Gasteiger partial charge in [-0.25, -0.2) is 0 Å². The second-order valence-electron chi connectivity index (χ2n) is 4.10. The van der Waals surface area contributed by atoms with Gasteiger partial charge in [0.1, 0.15) is 0 Å². The van der Waals surface area contributed by atoms with E-state index >= 15 is 0 Å². The lowest BCUT2D eigenvalue weighted by molar-refractivity contribution is 0.0572. The van der Waals surface area contributed by atoms with Crippen LogP contribution in [0.1, 0.15) is 11.1 Å². The molecule has 0 spiro atoms. The van der Waals surface area contributed by atoms with Gasteiger partial charge in [-0.15, -0.1) is 0 Å². The zero-order valence-electron chi connectivity index (χ0n) is 8.87. The van der Waals surface area contributed by atoms with Crippen molar-refractivity contribution in [1.82, 2.24) is 4.90 Å². The summed E-state index contributed by atoms with van der Waals surface area (Å²) in [6, 6.07) is 9.53. The van der Waals surface area contributed by atoms with Crippen molar-refractivity contribution in [3.63, 3.8) is 0 Å². The number of benzene rings is 1. The Kier molecular flexibility index (Phi) is 3.20. The van der Waals surface area contributed by atoms with Crippen molar-refractivity contribution in [2.75, 3.05) is 13.1 Å². The summed E-state index contributed by atoms with van der Waals surface area (Å²) < 4.78 is 0. The van der Waals surface area contributed by atoms with Crippen molar-refractivity contribution in [1.29, 1.82) is 5.26 Å². The van der Waals surface area contributed by atoms with Gasteiger partial charge in [0.05, 0.1) is 23.8 Å².